The molecule has 0 atom stereocenters. The van der Waals surface area contributed by atoms with Gasteiger partial charge in [0.2, 0.25) is 10.9 Å². The summed E-state index contributed by atoms with van der Waals surface area (Å²) < 4.78 is 1.53. The maximum Gasteiger partial charge on any atom is 0.244 e. The maximum atomic E-state index is 5.42. The lowest BCUT2D eigenvalue weighted by molar-refractivity contribution is 0.945. The predicted octanol–water partition coefficient (Wildman–Crippen LogP) is 0.0764. The highest BCUT2D eigenvalue weighted by Crippen LogP contribution is 2.12. The molecule has 6 heteroatoms. The topological polar surface area (TPSA) is 69.1 Å². The molecule has 0 aliphatic rings. The van der Waals surface area contributed by atoms with Gasteiger partial charge in [0.15, 0.2) is 0 Å². The van der Waals surface area contributed by atoms with Crippen LogP contribution in [0.15, 0.2) is 0 Å². The van der Waals surface area contributed by atoms with Crippen molar-refractivity contribution in [3.05, 3.63) is 5.01 Å². The minimum absolute atomic E-state index is 0.347. The Balaban J connectivity index is 2.90. The van der Waals surface area contributed by atoms with Gasteiger partial charge in [-0.15, -0.1) is 10.2 Å². The molecule has 2 heterocycles. The van der Waals surface area contributed by atoms with Crippen LogP contribution in [0.1, 0.15) is 5.01 Å². The van der Waals surface area contributed by atoms with E-state index < -0.39 is 0 Å². The van der Waals surface area contributed by atoms with Crippen LogP contribution in [0.5, 0.6) is 0 Å². The first-order valence-electron chi connectivity index (χ1n) is 2.71. The quantitative estimate of drug-likeness (QED) is 0.584. The van der Waals surface area contributed by atoms with E-state index in [1.807, 2.05) is 6.92 Å². The molecule has 0 aliphatic heterocycles. The van der Waals surface area contributed by atoms with Gasteiger partial charge in [0.1, 0.15) is 5.01 Å². The first-order valence-corrected chi connectivity index (χ1v) is 3.53. The molecule has 0 bridgehead atoms. The van der Waals surface area contributed by atoms with Crippen molar-refractivity contribution in [2.45, 2.75) is 6.92 Å². The van der Waals surface area contributed by atoms with Gasteiger partial charge in [0.25, 0.3) is 0 Å². The van der Waals surface area contributed by atoms with Gasteiger partial charge in [0.05, 0.1) is 0 Å². The molecule has 0 amide bonds. The van der Waals surface area contributed by atoms with Crippen molar-refractivity contribution in [3.8, 4) is 0 Å². The number of aromatic nitrogens is 4. The normalized spacial score (nSPS) is 10.9. The van der Waals surface area contributed by atoms with Gasteiger partial charge in [0, 0.05) is 0 Å². The van der Waals surface area contributed by atoms with Crippen LogP contribution in [0, 0.1) is 6.92 Å². The fourth-order valence-electron chi connectivity index (χ4n) is 0.728. The second-order valence-electron chi connectivity index (χ2n) is 1.87. The van der Waals surface area contributed by atoms with Crippen LogP contribution < -0.4 is 5.73 Å². The average Bonchev–Trinajstić information content (AvgIpc) is 2.35. The van der Waals surface area contributed by atoms with E-state index in [9.17, 15) is 0 Å². The summed E-state index contributed by atoms with van der Waals surface area (Å²) in [4.78, 5) is 0.745. The minimum atomic E-state index is 0.347. The van der Waals surface area contributed by atoms with Crippen LogP contribution in [0.3, 0.4) is 0 Å². The number of nitrogens with two attached hydrogens (primary N) is 1. The summed E-state index contributed by atoms with van der Waals surface area (Å²) in [6.45, 7) is 1.90. The standard InChI is InChI=1S/C4H5N5S/c1-2-8-9-3(5)6-7-4(9)10-2/h1H3,(H2,5,6). The zero-order chi connectivity index (χ0) is 7.14. The summed E-state index contributed by atoms with van der Waals surface area (Å²) in [6, 6.07) is 0. The van der Waals surface area contributed by atoms with E-state index in [-0.39, 0.29) is 0 Å². The second kappa shape index (κ2) is 1.66. The zero-order valence-corrected chi connectivity index (χ0v) is 6.09. The second-order valence-corrected chi connectivity index (χ2v) is 3.03. The van der Waals surface area contributed by atoms with Gasteiger partial charge >= 0.3 is 0 Å². The fourth-order valence-corrected chi connectivity index (χ4v) is 1.42. The van der Waals surface area contributed by atoms with Crippen molar-refractivity contribution in [1.82, 2.24) is 19.8 Å². The molecule has 2 rings (SSSR count). The number of hydrogen-bond donors (Lipinski definition) is 1. The first kappa shape index (κ1) is 5.60. The lowest BCUT2D eigenvalue weighted by Crippen LogP contribution is -1.94. The smallest absolute Gasteiger partial charge is 0.244 e. The maximum absolute atomic E-state index is 5.42. The van der Waals surface area contributed by atoms with E-state index in [2.05, 4.69) is 15.3 Å². The highest BCUT2D eigenvalue weighted by molar-refractivity contribution is 7.16. The molecule has 0 saturated carbocycles. The molecule has 2 aromatic heterocycles. The summed E-state index contributed by atoms with van der Waals surface area (Å²) >= 11 is 1.47. The molecule has 0 saturated heterocycles. The zero-order valence-electron chi connectivity index (χ0n) is 5.27. The monoisotopic (exact) mass is 155 g/mol. The summed E-state index contributed by atoms with van der Waals surface area (Å²) in [5.41, 5.74) is 5.42. The van der Waals surface area contributed by atoms with Crippen LogP contribution in [0.4, 0.5) is 5.95 Å². The molecule has 10 heavy (non-hydrogen) atoms. The minimum Gasteiger partial charge on any atom is -0.366 e. The molecular formula is C4H5N5S. The van der Waals surface area contributed by atoms with Crippen molar-refractivity contribution in [2.75, 3.05) is 5.73 Å². The Bertz CT molecular complexity index is 360. The van der Waals surface area contributed by atoms with Gasteiger partial charge in [-0.2, -0.15) is 9.61 Å². The Hall–Kier alpha value is -1.17. The molecule has 2 aromatic rings. The molecule has 52 valence electrons. The highest BCUT2D eigenvalue weighted by Gasteiger charge is 2.04. The van der Waals surface area contributed by atoms with E-state index in [0.717, 1.165) is 9.97 Å². The van der Waals surface area contributed by atoms with E-state index >= 15 is 0 Å². The average molecular weight is 155 g/mol. The van der Waals surface area contributed by atoms with Crippen LogP contribution in [0.25, 0.3) is 4.96 Å². The Labute approximate surface area is 60.5 Å². The Morgan fingerprint density at radius 1 is 1.50 bits per heavy atom. The number of hydrogen-bond acceptors (Lipinski definition) is 5. The third-order valence-electron chi connectivity index (χ3n) is 1.12. The molecule has 0 aromatic carbocycles. The summed E-state index contributed by atoms with van der Waals surface area (Å²) in [5.74, 6) is 0.347. The lowest BCUT2D eigenvalue weighted by Gasteiger charge is -1.79. The van der Waals surface area contributed by atoms with Gasteiger partial charge in [-0.05, 0) is 6.92 Å². The number of nitrogen functional groups attached to an aromatic ring is 1. The SMILES string of the molecule is Cc1nn2c(N)nnc2s1. The molecule has 0 unspecified atom stereocenters. The Morgan fingerprint density at radius 3 is 3.00 bits per heavy atom. The summed E-state index contributed by atoms with van der Waals surface area (Å²) in [5, 5.41) is 12.4. The van der Waals surface area contributed by atoms with Crippen LogP contribution in [-0.4, -0.2) is 19.8 Å². The van der Waals surface area contributed by atoms with E-state index in [1.54, 1.807) is 0 Å². The van der Waals surface area contributed by atoms with Gasteiger partial charge < -0.3 is 5.73 Å². The highest BCUT2D eigenvalue weighted by atomic mass is 32.1. The van der Waals surface area contributed by atoms with E-state index in [1.165, 1.54) is 15.9 Å². The molecule has 2 N–H and O–H groups in total. The van der Waals surface area contributed by atoms with Crippen LogP contribution in [0.2, 0.25) is 0 Å². The van der Waals surface area contributed by atoms with Gasteiger partial charge in [-0.25, -0.2) is 0 Å². The summed E-state index contributed by atoms with van der Waals surface area (Å²) in [7, 11) is 0. The fraction of sp³-hybridized carbons (Fsp3) is 0.250. The Morgan fingerprint density at radius 2 is 2.30 bits per heavy atom. The number of rotatable bonds is 0. The molecule has 5 nitrogen and oxygen atoms in total. The van der Waals surface area contributed by atoms with Gasteiger partial charge in [-0.1, -0.05) is 11.3 Å². The molecule has 0 radical (unpaired) electrons. The number of nitrogens with zero attached hydrogens (tertiary/aromatic N) is 4. The van der Waals surface area contributed by atoms with E-state index in [4.69, 9.17) is 5.73 Å². The number of aryl methyl sites for hydroxylation is 1. The van der Waals surface area contributed by atoms with Gasteiger partial charge in [-0.3, -0.25) is 0 Å². The van der Waals surface area contributed by atoms with Crippen molar-refractivity contribution in [2.24, 2.45) is 0 Å². The van der Waals surface area contributed by atoms with Crippen LogP contribution in [-0.2, 0) is 0 Å². The number of anilines is 1. The molecule has 0 aliphatic carbocycles. The van der Waals surface area contributed by atoms with Crippen molar-refractivity contribution in [3.63, 3.8) is 0 Å². The summed E-state index contributed by atoms with van der Waals surface area (Å²) in [6.07, 6.45) is 0. The van der Waals surface area contributed by atoms with Crippen molar-refractivity contribution >= 4 is 22.2 Å². The number of fused-ring (bicyclic) bond motifs is 1. The molecular weight excluding hydrogens is 150 g/mol. The predicted molar refractivity (Wildman–Crippen MR) is 37.8 cm³/mol. The lowest BCUT2D eigenvalue weighted by atomic mass is 10.9. The van der Waals surface area contributed by atoms with E-state index in [0.29, 0.717) is 5.95 Å². The third-order valence-corrected chi connectivity index (χ3v) is 1.93. The Kier molecular flexibility index (Phi) is 0.930. The van der Waals surface area contributed by atoms with Crippen molar-refractivity contribution < 1.29 is 0 Å². The third kappa shape index (κ3) is 0.590. The van der Waals surface area contributed by atoms with Crippen LogP contribution >= 0.6 is 11.3 Å². The first-order chi connectivity index (χ1) is 4.77. The molecule has 0 fully saturated rings. The van der Waals surface area contributed by atoms with Crippen molar-refractivity contribution in [1.29, 1.82) is 0 Å². The largest absolute Gasteiger partial charge is 0.366 e. The molecule has 0 spiro atoms.